The highest BCUT2D eigenvalue weighted by Gasteiger charge is 1.99. The van der Waals surface area contributed by atoms with Gasteiger partial charge in [-0.05, 0) is 30.3 Å². The topological polar surface area (TPSA) is 43.4 Å². The van der Waals surface area contributed by atoms with Gasteiger partial charge in [0.05, 0.1) is 13.3 Å². The Labute approximate surface area is 100 Å². The second-order valence-electron chi connectivity index (χ2n) is 3.41. The molecule has 0 aliphatic carbocycles. The van der Waals surface area contributed by atoms with Gasteiger partial charge in [0.15, 0.2) is 0 Å². The summed E-state index contributed by atoms with van der Waals surface area (Å²) in [5.74, 6) is 2.01. The zero-order valence-corrected chi connectivity index (χ0v) is 9.81. The lowest BCUT2D eigenvalue weighted by atomic mass is 10.3. The molecule has 1 aromatic heterocycles. The van der Waals surface area contributed by atoms with E-state index in [1.807, 2.05) is 37.4 Å². The van der Waals surface area contributed by atoms with Crippen molar-refractivity contribution < 1.29 is 9.47 Å². The maximum absolute atomic E-state index is 5.58. The summed E-state index contributed by atoms with van der Waals surface area (Å²) in [6, 6.07) is 11.2. The molecule has 2 aromatic rings. The molecule has 1 heterocycles. The third kappa shape index (κ3) is 2.87. The van der Waals surface area contributed by atoms with Crippen LogP contribution in [0.25, 0.3) is 0 Å². The van der Waals surface area contributed by atoms with E-state index in [0.717, 1.165) is 11.4 Å². The Bertz CT molecular complexity index is 420. The molecule has 17 heavy (non-hydrogen) atoms. The first-order chi connectivity index (χ1) is 8.31. The van der Waals surface area contributed by atoms with E-state index in [-0.39, 0.29) is 0 Å². The summed E-state index contributed by atoms with van der Waals surface area (Å²) in [7, 11) is 3.48. The first kappa shape index (κ1) is 11.3. The predicted molar refractivity (Wildman–Crippen MR) is 66.9 cm³/mol. The van der Waals surface area contributed by atoms with Crippen molar-refractivity contribution in [1.29, 1.82) is 0 Å². The molecule has 1 N–H and O–H groups in total. The molecule has 0 aliphatic rings. The van der Waals surface area contributed by atoms with Crippen molar-refractivity contribution in [1.82, 2.24) is 4.98 Å². The fourth-order valence-electron chi connectivity index (χ4n) is 1.36. The molecule has 4 heteroatoms. The first-order valence-corrected chi connectivity index (χ1v) is 5.27. The molecular formula is C13H14N2O2. The van der Waals surface area contributed by atoms with Crippen LogP contribution in [0.4, 0.5) is 5.69 Å². The Balaban J connectivity index is 2.08. The fourth-order valence-corrected chi connectivity index (χ4v) is 1.36. The summed E-state index contributed by atoms with van der Waals surface area (Å²) in [6.07, 6.45) is 1.62. The standard InChI is InChI=1S/C13H14N2O2/c1-14-10-3-5-11(6-4-10)17-13-8-7-12(16-2)9-15-13/h3-9,14H,1-2H3. The van der Waals surface area contributed by atoms with Crippen LogP contribution in [0.15, 0.2) is 42.6 Å². The summed E-state index contributed by atoms with van der Waals surface area (Å²) < 4.78 is 10.6. The second kappa shape index (κ2) is 5.21. The maximum Gasteiger partial charge on any atom is 0.219 e. The Morgan fingerprint density at radius 1 is 1.00 bits per heavy atom. The van der Waals surface area contributed by atoms with Crippen LogP contribution in [-0.4, -0.2) is 19.1 Å². The summed E-state index contributed by atoms with van der Waals surface area (Å²) in [4.78, 5) is 4.12. The average molecular weight is 230 g/mol. The predicted octanol–water partition coefficient (Wildman–Crippen LogP) is 2.92. The van der Waals surface area contributed by atoms with Crippen LogP contribution >= 0.6 is 0 Å². The van der Waals surface area contributed by atoms with Crippen molar-refractivity contribution >= 4 is 5.69 Å². The number of ether oxygens (including phenoxy) is 2. The third-order valence-electron chi connectivity index (χ3n) is 2.31. The van der Waals surface area contributed by atoms with Crippen molar-refractivity contribution in [3.63, 3.8) is 0 Å². The maximum atomic E-state index is 5.58. The Morgan fingerprint density at radius 3 is 2.24 bits per heavy atom. The molecule has 0 radical (unpaired) electrons. The summed E-state index contributed by atoms with van der Waals surface area (Å²) >= 11 is 0. The number of nitrogens with zero attached hydrogens (tertiary/aromatic N) is 1. The number of rotatable bonds is 4. The Kier molecular flexibility index (Phi) is 3.45. The van der Waals surface area contributed by atoms with E-state index < -0.39 is 0 Å². The second-order valence-corrected chi connectivity index (χ2v) is 3.41. The van der Waals surface area contributed by atoms with E-state index >= 15 is 0 Å². The SMILES string of the molecule is CNc1ccc(Oc2ccc(OC)cn2)cc1. The highest BCUT2D eigenvalue weighted by Crippen LogP contribution is 2.22. The Morgan fingerprint density at radius 2 is 1.71 bits per heavy atom. The smallest absolute Gasteiger partial charge is 0.219 e. The molecule has 0 bridgehead atoms. The number of hydrogen-bond donors (Lipinski definition) is 1. The number of anilines is 1. The first-order valence-electron chi connectivity index (χ1n) is 5.27. The normalized spacial score (nSPS) is 9.76. The van der Waals surface area contributed by atoms with E-state index in [1.165, 1.54) is 0 Å². The van der Waals surface area contributed by atoms with Crippen LogP contribution in [0.1, 0.15) is 0 Å². The van der Waals surface area contributed by atoms with Crippen LogP contribution < -0.4 is 14.8 Å². The van der Waals surface area contributed by atoms with Crippen LogP contribution in [0, 0.1) is 0 Å². The summed E-state index contributed by atoms with van der Waals surface area (Å²) in [5.41, 5.74) is 1.04. The van der Waals surface area contributed by atoms with Gasteiger partial charge in [-0.1, -0.05) is 0 Å². The lowest BCUT2D eigenvalue weighted by Gasteiger charge is -2.06. The van der Waals surface area contributed by atoms with E-state index in [9.17, 15) is 0 Å². The molecule has 2 rings (SSSR count). The van der Waals surface area contributed by atoms with Crippen molar-refractivity contribution in [3.05, 3.63) is 42.6 Å². The van der Waals surface area contributed by atoms with E-state index in [1.54, 1.807) is 19.4 Å². The zero-order valence-electron chi connectivity index (χ0n) is 9.81. The fraction of sp³-hybridized carbons (Fsp3) is 0.154. The minimum atomic E-state index is 0.544. The van der Waals surface area contributed by atoms with Crippen LogP contribution in [0.2, 0.25) is 0 Å². The molecule has 0 fully saturated rings. The summed E-state index contributed by atoms with van der Waals surface area (Å²) in [5, 5.41) is 3.05. The monoisotopic (exact) mass is 230 g/mol. The third-order valence-corrected chi connectivity index (χ3v) is 2.31. The molecule has 88 valence electrons. The average Bonchev–Trinajstić information content (AvgIpc) is 2.40. The van der Waals surface area contributed by atoms with Gasteiger partial charge in [-0.3, -0.25) is 0 Å². The Hall–Kier alpha value is -2.23. The van der Waals surface area contributed by atoms with Crippen molar-refractivity contribution in [3.8, 4) is 17.4 Å². The van der Waals surface area contributed by atoms with Crippen LogP contribution in [-0.2, 0) is 0 Å². The molecule has 0 aliphatic heterocycles. The van der Waals surface area contributed by atoms with Gasteiger partial charge in [0.2, 0.25) is 5.88 Å². The number of methoxy groups -OCH3 is 1. The minimum Gasteiger partial charge on any atom is -0.495 e. The van der Waals surface area contributed by atoms with Crippen molar-refractivity contribution in [2.24, 2.45) is 0 Å². The molecule has 0 unspecified atom stereocenters. The van der Waals surface area contributed by atoms with Crippen LogP contribution in [0.5, 0.6) is 17.4 Å². The molecule has 0 saturated heterocycles. The molecular weight excluding hydrogens is 216 g/mol. The summed E-state index contributed by atoms with van der Waals surface area (Å²) in [6.45, 7) is 0. The zero-order chi connectivity index (χ0) is 12.1. The number of pyridine rings is 1. The molecule has 1 aromatic carbocycles. The quantitative estimate of drug-likeness (QED) is 0.877. The van der Waals surface area contributed by atoms with Gasteiger partial charge in [-0.25, -0.2) is 4.98 Å². The van der Waals surface area contributed by atoms with Gasteiger partial charge < -0.3 is 14.8 Å². The molecule has 0 atom stereocenters. The number of benzene rings is 1. The van der Waals surface area contributed by atoms with Gasteiger partial charge in [0.1, 0.15) is 11.5 Å². The lowest BCUT2D eigenvalue weighted by molar-refractivity contribution is 0.408. The van der Waals surface area contributed by atoms with Gasteiger partial charge in [0, 0.05) is 18.8 Å². The van der Waals surface area contributed by atoms with E-state index in [4.69, 9.17) is 9.47 Å². The number of hydrogen-bond acceptors (Lipinski definition) is 4. The molecule has 4 nitrogen and oxygen atoms in total. The molecule has 0 spiro atoms. The highest BCUT2D eigenvalue weighted by molar-refractivity contribution is 5.46. The van der Waals surface area contributed by atoms with E-state index in [2.05, 4.69) is 10.3 Å². The van der Waals surface area contributed by atoms with Crippen LogP contribution in [0.3, 0.4) is 0 Å². The molecule has 0 amide bonds. The van der Waals surface area contributed by atoms with Gasteiger partial charge in [-0.15, -0.1) is 0 Å². The highest BCUT2D eigenvalue weighted by atomic mass is 16.5. The van der Waals surface area contributed by atoms with Gasteiger partial charge >= 0.3 is 0 Å². The number of nitrogens with one attached hydrogen (secondary N) is 1. The molecule has 0 saturated carbocycles. The number of aromatic nitrogens is 1. The van der Waals surface area contributed by atoms with Gasteiger partial charge in [0.25, 0.3) is 0 Å². The van der Waals surface area contributed by atoms with Gasteiger partial charge in [-0.2, -0.15) is 0 Å². The minimum absolute atomic E-state index is 0.544. The lowest BCUT2D eigenvalue weighted by Crippen LogP contribution is -1.90. The van der Waals surface area contributed by atoms with E-state index in [0.29, 0.717) is 11.6 Å². The van der Waals surface area contributed by atoms with Crippen molar-refractivity contribution in [2.45, 2.75) is 0 Å². The largest absolute Gasteiger partial charge is 0.495 e. The van der Waals surface area contributed by atoms with Crippen molar-refractivity contribution in [2.75, 3.05) is 19.5 Å².